The number of hydrogen-bond donors (Lipinski definition) is 1. The van der Waals surface area contributed by atoms with E-state index < -0.39 is 11.6 Å². The molecule has 0 spiro atoms. The van der Waals surface area contributed by atoms with Gasteiger partial charge < -0.3 is 23.9 Å². The fourth-order valence-corrected chi connectivity index (χ4v) is 6.68. The van der Waals surface area contributed by atoms with Crippen molar-refractivity contribution in [2.75, 3.05) is 13.2 Å². The number of nitrogens with zero attached hydrogens (tertiary/aromatic N) is 3. The van der Waals surface area contributed by atoms with E-state index in [-0.39, 0.29) is 25.6 Å². The molecular formula is C39H46ClN3O6. The summed E-state index contributed by atoms with van der Waals surface area (Å²) in [6, 6.07) is 17.9. The molecule has 3 aromatic carbocycles. The zero-order chi connectivity index (χ0) is 35.3. The number of carbonyl (C=O) groups excluding carboxylic acids is 2. The number of aryl methyl sites for hydroxylation is 3. The Morgan fingerprint density at radius 2 is 1.71 bits per heavy atom. The first-order chi connectivity index (χ1) is 23.4. The van der Waals surface area contributed by atoms with E-state index in [0.29, 0.717) is 60.8 Å². The third-order valence-electron chi connectivity index (χ3n) is 8.56. The fraction of sp³-hybridized carbons (Fsp3) is 0.410. The van der Waals surface area contributed by atoms with Crippen LogP contribution in [0.3, 0.4) is 0 Å². The number of benzene rings is 3. The summed E-state index contributed by atoms with van der Waals surface area (Å²) in [7, 11) is 1.83. The predicted octanol–water partition coefficient (Wildman–Crippen LogP) is 8.35. The summed E-state index contributed by atoms with van der Waals surface area (Å²) in [5, 5.41) is 18.4. The van der Waals surface area contributed by atoms with Gasteiger partial charge in [-0.3, -0.25) is 9.48 Å². The van der Waals surface area contributed by atoms with Crippen LogP contribution in [0.2, 0.25) is 5.02 Å². The van der Waals surface area contributed by atoms with Gasteiger partial charge in [-0.2, -0.15) is 5.10 Å². The maximum atomic E-state index is 13.8. The lowest BCUT2D eigenvalue weighted by Crippen LogP contribution is -2.23. The maximum absolute atomic E-state index is 13.8. The van der Waals surface area contributed by atoms with Crippen LogP contribution in [0.15, 0.2) is 54.6 Å². The third-order valence-corrected chi connectivity index (χ3v) is 8.88. The number of halogens is 1. The number of ether oxygens (including phenoxy) is 3. The van der Waals surface area contributed by atoms with Crippen molar-refractivity contribution in [2.24, 2.45) is 7.05 Å². The molecule has 9 nitrogen and oxygen atoms in total. The summed E-state index contributed by atoms with van der Waals surface area (Å²) in [5.41, 5.74) is 4.26. The molecule has 49 heavy (non-hydrogen) atoms. The average Bonchev–Trinajstić information content (AvgIpc) is 3.53. The molecular weight excluding hydrogens is 642 g/mol. The number of aliphatic hydroxyl groups is 1. The summed E-state index contributed by atoms with van der Waals surface area (Å²) >= 11 is 7.00. The molecule has 2 aromatic heterocycles. The Bertz CT molecular complexity index is 1960. The van der Waals surface area contributed by atoms with Crippen LogP contribution in [-0.2, 0) is 40.9 Å². The number of carbonyl (C=O) groups is 2. The number of aromatic nitrogens is 3. The molecule has 0 atom stereocenters. The molecule has 0 unspecified atom stereocenters. The van der Waals surface area contributed by atoms with Gasteiger partial charge in [-0.15, -0.1) is 0 Å². The van der Waals surface area contributed by atoms with E-state index in [1.165, 1.54) is 0 Å². The van der Waals surface area contributed by atoms with Crippen LogP contribution in [0.1, 0.15) is 80.8 Å². The molecule has 0 aliphatic heterocycles. The van der Waals surface area contributed by atoms with Gasteiger partial charge >= 0.3 is 11.9 Å². The van der Waals surface area contributed by atoms with Crippen molar-refractivity contribution in [3.8, 4) is 16.9 Å². The number of rotatable bonds is 14. The first-order valence-corrected chi connectivity index (χ1v) is 17.3. The van der Waals surface area contributed by atoms with Crippen LogP contribution >= 0.6 is 11.6 Å². The summed E-state index contributed by atoms with van der Waals surface area (Å²) in [6.07, 6.45) is 2.60. The van der Waals surface area contributed by atoms with E-state index in [0.717, 1.165) is 44.2 Å². The minimum Gasteiger partial charge on any atom is -0.493 e. The van der Waals surface area contributed by atoms with Crippen LogP contribution in [-0.4, -0.2) is 50.2 Å². The maximum Gasteiger partial charge on any atom is 0.355 e. The highest BCUT2D eigenvalue weighted by atomic mass is 35.5. The van der Waals surface area contributed by atoms with Crippen molar-refractivity contribution in [3.05, 3.63) is 82.3 Å². The Hall–Kier alpha value is -4.34. The molecule has 10 heteroatoms. The average molecular weight is 688 g/mol. The van der Waals surface area contributed by atoms with Gasteiger partial charge in [0.05, 0.1) is 36.1 Å². The highest BCUT2D eigenvalue weighted by Gasteiger charge is 2.29. The van der Waals surface area contributed by atoms with Gasteiger partial charge in [0.2, 0.25) is 0 Å². The first-order valence-electron chi connectivity index (χ1n) is 16.9. The van der Waals surface area contributed by atoms with Crippen LogP contribution in [0.25, 0.3) is 32.8 Å². The molecule has 1 N–H and O–H groups in total. The second-order valence-corrected chi connectivity index (χ2v) is 13.6. The molecule has 5 rings (SSSR count). The second-order valence-electron chi connectivity index (χ2n) is 13.2. The van der Waals surface area contributed by atoms with E-state index in [2.05, 4.69) is 17.2 Å². The number of esters is 2. The van der Waals surface area contributed by atoms with Gasteiger partial charge in [0.25, 0.3) is 0 Å². The van der Waals surface area contributed by atoms with Gasteiger partial charge in [-0.25, -0.2) is 4.79 Å². The van der Waals surface area contributed by atoms with Crippen molar-refractivity contribution in [3.63, 3.8) is 0 Å². The van der Waals surface area contributed by atoms with Crippen molar-refractivity contribution in [1.29, 1.82) is 0 Å². The second kappa shape index (κ2) is 15.5. The number of unbranched alkanes of at least 4 members (excludes halogenated alkanes) is 1. The van der Waals surface area contributed by atoms with E-state index in [1.807, 2.05) is 81.8 Å². The molecule has 260 valence electrons. The molecule has 0 saturated carbocycles. The zero-order valence-electron chi connectivity index (χ0n) is 29.3. The van der Waals surface area contributed by atoms with Gasteiger partial charge in [0.15, 0.2) is 0 Å². The minimum absolute atomic E-state index is 0.215. The standard InChI is InChI=1S/C39H46ClN3O6/c1-7-47-38(46)37-28(17-13-23-48-32-18-12-15-26-14-8-9-16-27(26)32)29-20-21-30(40)35(34-25(2)42(6)41-31(34)24-44)36(29)43(37)22-11-10-19-33(45)49-39(3,4)5/h8-9,12,14-16,18,20-21,44H,7,10-11,13,17,19,22-24H2,1-6H3. The number of aliphatic hydroxyl groups excluding tert-OH is 1. The molecule has 0 radical (unpaired) electrons. The first kappa shape index (κ1) is 36.0. The molecule has 2 heterocycles. The summed E-state index contributed by atoms with van der Waals surface area (Å²) in [6.45, 7) is 10.1. The van der Waals surface area contributed by atoms with E-state index >= 15 is 0 Å². The summed E-state index contributed by atoms with van der Waals surface area (Å²) < 4.78 is 21.2. The molecule has 0 bridgehead atoms. The summed E-state index contributed by atoms with van der Waals surface area (Å²) in [5.74, 6) is 0.127. The Morgan fingerprint density at radius 3 is 2.45 bits per heavy atom. The van der Waals surface area contributed by atoms with Gasteiger partial charge in [0.1, 0.15) is 17.0 Å². The van der Waals surface area contributed by atoms with Crippen LogP contribution in [0.4, 0.5) is 0 Å². The van der Waals surface area contributed by atoms with Crippen LogP contribution < -0.4 is 4.74 Å². The van der Waals surface area contributed by atoms with Crippen molar-refractivity contribution < 1.29 is 28.9 Å². The summed E-state index contributed by atoms with van der Waals surface area (Å²) in [4.78, 5) is 26.3. The Labute approximate surface area is 292 Å². The largest absolute Gasteiger partial charge is 0.493 e. The van der Waals surface area contributed by atoms with Crippen LogP contribution in [0, 0.1) is 6.92 Å². The normalized spacial score (nSPS) is 11.8. The van der Waals surface area contributed by atoms with Gasteiger partial charge in [-0.05, 0) is 83.4 Å². The van der Waals surface area contributed by atoms with Crippen molar-refractivity contribution in [2.45, 2.75) is 85.5 Å². The Balaban J connectivity index is 1.56. The van der Waals surface area contributed by atoms with E-state index in [4.69, 9.17) is 25.8 Å². The van der Waals surface area contributed by atoms with Crippen molar-refractivity contribution in [1.82, 2.24) is 14.3 Å². The molecule has 0 saturated heterocycles. The quantitative estimate of drug-likeness (QED) is 0.0924. The number of fused-ring (bicyclic) bond motifs is 2. The Morgan fingerprint density at radius 1 is 0.959 bits per heavy atom. The zero-order valence-corrected chi connectivity index (χ0v) is 30.0. The van der Waals surface area contributed by atoms with Gasteiger partial charge in [0, 0.05) is 47.6 Å². The highest BCUT2D eigenvalue weighted by Crippen LogP contribution is 2.42. The van der Waals surface area contributed by atoms with Crippen molar-refractivity contribution >= 4 is 45.2 Å². The SMILES string of the molecule is CCOC(=O)c1c(CCCOc2cccc3ccccc23)c2ccc(Cl)c(-c3c(CO)nn(C)c3C)c2n1CCCCC(=O)OC(C)(C)C. The monoisotopic (exact) mass is 687 g/mol. The smallest absolute Gasteiger partial charge is 0.355 e. The predicted molar refractivity (Wildman–Crippen MR) is 193 cm³/mol. The van der Waals surface area contributed by atoms with Gasteiger partial charge in [-0.1, -0.05) is 54.1 Å². The van der Waals surface area contributed by atoms with E-state index in [9.17, 15) is 14.7 Å². The minimum atomic E-state index is -0.561. The lowest BCUT2D eigenvalue weighted by Gasteiger charge is -2.19. The lowest BCUT2D eigenvalue weighted by atomic mass is 9.98. The van der Waals surface area contributed by atoms with Crippen LogP contribution in [0.5, 0.6) is 5.75 Å². The van der Waals surface area contributed by atoms with E-state index in [1.54, 1.807) is 11.6 Å². The Kier molecular flexibility index (Phi) is 11.4. The molecule has 5 aromatic rings. The third kappa shape index (κ3) is 7.94. The molecule has 0 amide bonds. The lowest BCUT2D eigenvalue weighted by molar-refractivity contribution is -0.154. The fourth-order valence-electron chi connectivity index (χ4n) is 6.44. The molecule has 0 aliphatic rings. The highest BCUT2D eigenvalue weighted by molar-refractivity contribution is 6.35. The molecule has 0 aliphatic carbocycles. The number of hydrogen-bond acceptors (Lipinski definition) is 7. The topological polar surface area (TPSA) is 105 Å². The molecule has 0 fully saturated rings.